The molecule has 1 aromatic heterocycles. The largest absolute Gasteiger partial charge is 0.508 e. The lowest BCUT2D eigenvalue weighted by molar-refractivity contribution is 0.0758. The first-order chi connectivity index (χ1) is 16.0. The first-order valence-corrected chi connectivity index (χ1v) is 12.2. The van der Waals surface area contributed by atoms with Gasteiger partial charge in [-0.2, -0.15) is 0 Å². The van der Waals surface area contributed by atoms with Crippen LogP contribution >= 0.6 is 11.6 Å². The molecule has 4 heteroatoms. The maximum Gasteiger partial charge on any atom is 0.115 e. The summed E-state index contributed by atoms with van der Waals surface area (Å²) < 4.78 is 2.37. The average Bonchev–Trinajstić information content (AvgIpc) is 3.08. The second kappa shape index (κ2) is 7.93. The quantitative estimate of drug-likeness (QED) is 0.403. The summed E-state index contributed by atoms with van der Waals surface area (Å²) in [4.78, 5) is 2.62. The molecule has 168 valence electrons. The molecule has 3 aromatic carbocycles. The van der Waals surface area contributed by atoms with Gasteiger partial charge in [0.05, 0.1) is 0 Å². The standard InChI is InChI=1S/C29H29ClN2O/c1-31-27-11-10-23(30)16-26(27)25-15-22-19-32(18-20-6-3-2-4-7-20)13-12-29(22,17-28(25)31)21-8-5-9-24(33)14-21/h2-11,14,16,22,33H,12-13,15,17-19H2,1H3. The fraction of sp³-hybridized carbons (Fsp3) is 0.310. The molecule has 0 radical (unpaired) electrons. The lowest BCUT2D eigenvalue weighted by Crippen LogP contribution is -2.53. The maximum absolute atomic E-state index is 10.3. The number of aromatic hydroxyl groups is 1. The highest BCUT2D eigenvalue weighted by Gasteiger charge is 2.48. The fourth-order valence-corrected chi connectivity index (χ4v) is 6.63. The Kier molecular flexibility index (Phi) is 5.01. The summed E-state index contributed by atoms with van der Waals surface area (Å²) in [5.41, 5.74) is 6.82. The minimum atomic E-state index is 0.0326. The van der Waals surface area contributed by atoms with Crippen molar-refractivity contribution in [3.63, 3.8) is 0 Å². The van der Waals surface area contributed by atoms with Crippen molar-refractivity contribution in [2.45, 2.75) is 31.2 Å². The van der Waals surface area contributed by atoms with Gasteiger partial charge in [0.2, 0.25) is 0 Å². The van der Waals surface area contributed by atoms with E-state index >= 15 is 0 Å². The molecule has 1 N–H and O–H groups in total. The lowest BCUT2D eigenvalue weighted by Gasteiger charge is -2.51. The van der Waals surface area contributed by atoms with E-state index in [9.17, 15) is 5.11 Å². The maximum atomic E-state index is 10.3. The van der Waals surface area contributed by atoms with E-state index in [-0.39, 0.29) is 5.41 Å². The molecule has 2 unspecified atom stereocenters. The summed E-state index contributed by atoms with van der Waals surface area (Å²) in [6, 6.07) is 25.1. The Bertz CT molecular complexity index is 1330. The summed E-state index contributed by atoms with van der Waals surface area (Å²) in [6.45, 7) is 3.11. The molecule has 2 heterocycles. The van der Waals surface area contributed by atoms with E-state index in [4.69, 9.17) is 11.6 Å². The summed E-state index contributed by atoms with van der Waals surface area (Å²) >= 11 is 6.42. The second-order valence-electron chi connectivity index (χ2n) is 9.90. The SMILES string of the molecule is Cn1c2c(c3cc(Cl)ccc31)CC1CN(Cc3ccccc3)CCC1(c1cccc(O)c1)C2. The van der Waals surface area contributed by atoms with Crippen molar-refractivity contribution in [3.05, 3.63) is 100 Å². The Morgan fingerprint density at radius 3 is 2.70 bits per heavy atom. The molecular weight excluding hydrogens is 428 g/mol. The molecule has 1 saturated heterocycles. The third-order valence-corrected chi connectivity index (χ3v) is 8.37. The fourth-order valence-electron chi connectivity index (χ4n) is 6.46. The second-order valence-corrected chi connectivity index (χ2v) is 10.3. The zero-order valence-corrected chi connectivity index (χ0v) is 19.7. The van der Waals surface area contributed by atoms with Gasteiger partial charge >= 0.3 is 0 Å². The Balaban J connectivity index is 1.44. The van der Waals surface area contributed by atoms with Gasteiger partial charge in [0.25, 0.3) is 0 Å². The Labute approximate surface area is 200 Å². The highest BCUT2D eigenvalue weighted by Crippen LogP contribution is 2.50. The number of aromatic nitrogens is 1. The number of hydrogen-bond acceptors (Lipinski definition) is 2. The van der Waals surface area contributed by atoms with E-state index in [2.05, 4.69) is 65.0 Å². The number of fused-ring (bicyclic) bond motifs is 4. The molecule has 2 aliphatic rings. The van der Waals surface area contributed by atoms with Crippen LogP contribution in [0.2, 0.25) is 5.02 Å². The van der Waals surface area contributed by atoms with Gasteiger partial charge in [0, 0.05) is 47.2 Å². The highest BCUT2D eigenvalue weighted by atomic mass is 35.5. The molecule has 33 heavy (non-hydrogen) atoms. The molecule has 0 spiro atoms. The van der Waals surface area contributed by atoms with E-state index in [0.717, 1.165) is 43.9 Å². The number of halogens is 1. The molecule has 6 rings (SSSR count). The molecule has 4 aromatic rings. The van der Waals surface area contributed by atoms with Crippen molar-refractivity contribution >= 4 is 22.5 Å². The molecule has 2 atom stereocenters. The van der Waals surface area contributed by atoms with Crippen molar-refractivity contribution in [1.82, 2.24) is 9.47 Å². The van der Waals surface area contributed by atoms with Crippen molar-refractivity contribution in [2.24, 2.45) is 13.0 Å². The van der Waals surface area contributed by atoms with Crippen molar-refractivity contribution in [1.29, 1.82) is 0 Å². The van der Waals surface area contributed by atoms with E-state index < -0.39 is 0 Å². The number of benzene rings is 3. The predicted molar refractivity (Wildman–Crippen MR) is 135 cm³/mol. The van der Waals surface area contributed by atoms with Gasteiger partial charge in [0.15, 0.2) is 0 Å². The Hall–Kier alpha value is -2.75. The van der Waals surface area contributed by atoms with Gasteiger partial charge in [0.1, 0.15) is 5.75 Å². The number of likely N-dealkylation sites (tertiary alicyclic amines) is 1. The zero-order chi connectivity index (χ0) is 22.6. The molecule has 0 saturated carbocycles. The smallest absolute Gasteiger partial charge is 0.115 e. The number of piperidine rings is 1. The normalized spacial score (nSPS) is 22.8. The zero-order valence-electron chi connectivity index (χ0n) is 19.0. The Morgan fingerprint density at radius 1 is 1.03 bits per heavy atom. The van der Waals surface area contributed by atoms with E-state index in [1.807, 2.05) is 18.2 Å². The molecule has 3 nitrogen and oxygen atoms in total. The molecule has 0 bridgehead atoms. The van der Waals surface area contributed by atoms with Crippen LogP contribution in [0, 0.1) is 5.92 Å². The van der Waals surface area contributed by atoms with Crippen LogP contribution < -0.4 is 0 Å². The highest BCUT2D eigenvalue weighted by molar-refractivity contribution is 6.31. The van der Waals surface area contributed by atoms with Crippen LogP contribution in [0.1, 0.15) is 28.8 Å². The van der Waals surface area contributed by atoms with Gasteiger partial charge < -0.3 is 9.67 Å². The minimum Gasteiger partial charge on any atom is -0.508 e. The Morgan fingerprint density at radius 2 is 1.88 bits per heavy atom. The van der Waals surface area contributed by atoms with Gasteiger partial charge in [-0.15, -0.1) is 0 Å². The number of nitrogens with zero attached hydrogens (tertiary/aromatic N) is 2. The molecule has 0 amide bonds. The van der Waals surface area contributed by atoms with Crippen molar-refractivity contribution in [3.8, 4) is 5.75 Å². The van der Waals surface area contributed by atoms with Crippen LogP contribution in [-0.2, 0) is 31.8 Å². The first-order valence-electron chi connectivity index (χ1n) is 11.8. The third kappa shape index (κ3) is 3.46. The number of aryl methyl sites for hydroxylation is 1. The number of phenolic OH excluding ortho intramolecular Hbond substituents is 1. The van der Waals surface area contributed by atoms with Crippen molar-refractivity contribution < 1.29 is 5.11 Å². The monoisotopic (exact) mass is 456 g/mol. The number of phenols is 1. The molecule has 1 aliphatic carbocycles. The lowest BCUT2D eigenvalue weighted by atomic mass is 9.58. The minimum absolute atomic E-state index is 0.0326. The van der Waals surface area contributed by atoms with Crippen LogP contribution in [-0.4, -0.2) is 27.7 Å². The van der Waals surface area contributed by atoms with Gasteiger partial charge in [-0.3, -0.25) is 4.90 Å². The molecule has 1 fully saturated rings. The van der Waals surface area contributed by atoms with E-state index in [1.54, 1.807) is 6.07 Å². The van der Waals surface area contributed by atoms with Crippen LogP contribution in [0.3, 0.4) is 0 Å². The van der Waals surface area contributed by atoms with Crippen LogP contribution in [0.25, 0.3) is 10.9 Å². The van der Waals surface area contributed by atoms with Gasteiger partial charge in [-0.05, 0) is 78.7 Å². The molecule has 1 aliphatic heterocycles. The average molecular weight is 457 g/mol. The van der Waals surface area contributed by atoms with Gasteiger partial charge in [-0.1, -0.05) is 54.1 Å². The first kappa shape index (κ1) is 20.8. The predicted octanol–water partition coefficient (Wildman–Crippen LogP) is 6.10. The topological polar surface area (TPSA) is 28.4 Å². The number of hydrogen-bond donors (Lipinski definition) is 1. The van der Waals surface area contributed by atoms with E-state index in [1.165, 1.54) is 33.3 Å². The van der Waals surface area contributed by atoms with Gasteiger partial charge in [-0.25, -0.2) is 0 Å². The summed E-state index contributed by atoms with van der Waals surface area (Å²) in [7, 11) is 2.19. The van der Waals surface area contributed by atoms with E-state index in [0.29, 0.717) is 11.7 Å². The summed E-state index contributed by atoms with van der Waals surface area (Å²) in [6.07, 6.45) is 3.13. The van der Waals surface area contributed by atoms with Crippen LogP contribution in [0.5, 0.6) is 5.75 Å². The third-order valence-electron chi connectivity index (χ3n) is 8.14. The summed E-state index contributed by atoms with van der Waals surface area (Å²) in [5.74, 6) is 0.843. The van der Waals surface area contributed by atoms with Crippen LogP contribution in [0.4, 0.5) is 0 Å². The van der Waals surface area contributed by atoms with Crippen LogP contribution in [0.15, 0.2) is 72.8 Å². The molecular formula is C29H29ClN2O. The summed E-state index contributed by atoms with van der Waals surface area (Å²) in [5, 5.41) is 12.4. The van der Waals surface area contributed by atoms with Crippen molar-refractivity contribution in [2.75, 3.05) is 13.1 Å². The number of rotatable bonds is 3.